The summed E-state index contributed by atoms with van der Waals surface area (Å²) in [5.41, 5.74) is 3.82. The normalized spacial score (nSPS) is 17.5. The van der Waals surface area contributed by atoms with Crippen LogP contribution in [0, 0.1) is 12.8 Å². The second-order valence-electron chi connectivity index (χ2n) is 8.97. The number of benzene rings is 3. The van der Waals surface area contributed by atoms with Crippen molar-refractivity contribution in [2.24, 2.45) is 5.92 Å². The summed E-state index contributed by atoms with van der Waals surface area (Å²) in [6.45, 7) is 2.43. The fourth-order valence-corrected chi connectivity index (χ4v) is 4.69. The highest BCUT2D eigenvalue weighted by Gasteiger charge is 2.35. The molecule has 2 atom stereocenters. The summed E-state index contributed by atoms with van der Waals surface area (Å²) in [4.78, 5) is 28.7. The third-order valence-electron chi connectivity index (χ3n) is 6.56. The smallest absolute Gasteiger partial charge is 0.229 e. The van der Waals surface area contributed by atoms with Crippen molar-refractivity contribution in [2.45, 2.75) is 32.2 Å². The van der Waals surface area contributed by atoms with Crippen LogP contribution in [0.15, 0.2) is 72.8 Å². The van der Waals surface area contributed by atoms with Gasteiger partial charge in [-0.05, 0) is 43.0 Å². The van der Waals surface area contributed by atoms with Gasteiger partial charge in [0.05, 0.1) is 38.3 Å². The van der Waals surface area contributed by atoms with Crippen LogP contribution in [-0.2, 0) is 16.0 Å². The Balaban J connectivity index is 1.55. The number of aryl methyl sites for hydroxylation is 1. The molecule has 1 aliphatic heterocycles. The number of methoxy groups -OCH3 is 2. The minimum Gasteiger partial charge on any atom is -0.497 e. The molecule has 0 spiro atoms. The molecular formula is C29H32N2O4. The van der Waals surface area contributed by atoms with Crippen LogP contribution < -0.4 is 14.8 Å². The number of piperidine rings is 1. The summed E-state index contributed by atoms with van der Waals surface area (Å²) in [7, 11) is 3.14. The molecule has 3 aromatic rings. The molecule has 4 rings (SSSR count). The van der Waals surface area contributed by atoms with E-state index in [-0.39, 0.29) is 23.8 Å². The van der Waals surface area contributed by atoms with E-state index in [0.717, 1.165) is 23.1 Å². The van der Waals surface area contributed by atoms with Crippen LogP contribution in [0.3, 0.4) is 0 Å². The average molecular weight is 473 g/mol. The van der Waals surface area contributed by atoms with Crippen molar-refractivity contribution < 1.29 is 19.1 Å². The van der Waals surface area contributed by atoms with Gasteiger partial charge in [-0.2, -0.15) is 0 Å². The Morgan fingerprint density at radius 2 is 1.74 bits per heavy atom. The zero-order valence-corrected chi connectivity index (χ0v) is 20.5. The van der Waals surface area contributed by atoms with Crippen molar-refractivity contribution in [3.63, 3.8) is 0 Å². The van der Waals surface area contributed by atoms with Crippen LogP contribution >= 0.6 is 0 Å². The molecule has 1 heterocycles. The number of carbonyl (C=O) groups is 2. The summed E-state index contributed by atoms with van der Waals surface area (Å²) in [6.07, 6.45) is 1.73. The Kier molecular flexibility index (Phi) is 7.70. The Hall–Kier alpha value is -3.80. The number of nitrogens with one attached hydrogen (secondary N) is 1. The predicted octanol–water partition coefficient (Wildman–Crippen LogP) is 5.17. The van der Waals surface area contributed by atoms with E-state index in [9.17, 15) is 9.59 Å². The first-order valence-electron chi connectivity index (χ1n) is 11.9. The number of hydrogen-bond donors (Lipinski definition) is 1. The zero-order chi connectivity index (χ0) is 24.8. The summed E-state index contributed by atoms with van der Waals surface area (Å²) >= 11 is 0. The summed E-state index contributed by atoms with van der Waals surface area (Å²) in [6, 6.07) is 23.3. The van der Waals surface area contributed by atoms with Crippen molar-refractivity contribution in [2.75, 3.05) is 26.1 Å². The van der Waals surface area contributed by atoms with E-state index in [1.54, 1.807) is 32.4 Å². The maximum atomic E-state index is 13.5. The second-order valence-corrected chi connectivity index (χ2v) is 8.97. The van der Waals surface area contributed by atoms with Gasteiger partial charge in [0.1, 0.15) is 11.5 Å². The molecule has 1 aliphatic rings. The molecule has 1 saturated heterocycles. The van der Waals surface area contributed by atoms with Crippen LogP contribution in [0.5, 0.6) is 11.5 Å². The van der Waals surface area contributed by atoms with E-state index in [0.29, 0.717) is 36.6 Å². The molecule has 6 nitrogen and oxygen atoms in total. The van der Waals surface area contributed by atoms with Crippen molar-refractivity contribution in [1.82, 2.24) is 4.90 Å². The van der Waals surface area contributed by atoms with E-state index in [1.165, 1.54) is 0 Å². The molecule has 0 unspecified atom stereocenters. The van der Waals surface area contributed by atoms with Crippen LogP contribution in [0.2, 0.25) is 0 Å². The predicted molar refractivity (Wildman–Crippen MR) is 137 cm³/mol. The summed E-state index contributed by atoms with van der Waals surface area (Å²) in [5.74, 6) is 0.776. The van der Waals surface area contributed by atoms with E-state index >= 15 is 0 Å². The van der Waals surface area contributed by atoms with Gasteiger partial charge in [0.25, 0.3) is 0 Å². The quantitative estimate of drug-likeness (QED) is 0.515. The second kappa shape index (κ2) is 11.1. The number of anilines is 1. The first-order chi connectivity index (χ1) is 17.0. The molecule has 0 saturated carbocycles. The number of carbonyl (C=O) groups excluding carboxylic acids is 2. The van der Waals surface area contributed by atoms with Gasteiger partial charge in [-0.3, -0.25) is 9.59 Å². The van der Waals surface area contributed by atoms with Crippen LogP contribution in [-0.4, -0.2) is 37.5 Å². The maximum absolute atomic E-state index is 13.5. The highest BCUT2D eigenvalue weighted by atomic mass is 16.5. The highest BCUT2D eigenvalue weighted by Crippen LogP contribution is 2.36. The molecule has 35 heavy (non-hydrogen) atoms. The lowest BCUT2D eigenvalue weighted by atomic mass is 9.87. The molecule has 2 amide bonds. The van der Waals surface area contributed by atoms with Gasteiger partial charge in [-0.1, -0.05) is 60.2 Å². The fraction of sp³-hybridized carbons (Fsp3) is 0.310. The molecule has 0 bridgehead atoms. The van der Waals surface area contributed by atoms with E-state index in [1.807, 2.05) is 41.3 Å². The number of hydrogen-bond acceptors (Lipinski definition) is 4. The first-order valence-corrected chi connectivity index (χ1v) is 11.9. The van der Waals surface area contributed by atoms with Gasteiger partial charge >= 0.3 is 0 Å². The number of likely N-dealkylation sites (tertiary alicyclic amines) is 1. The monoisotopic (exact) mass is 472 g/mol. The van der Waals surface area contributed by atoms with Crippen molar-refractivity contribution in [3.8, 4) is 11.5 Å². The molecule has 0 aromatic heterocycles. The lowest BCUT2D eigenvalue weighted by Crippen LogP contribution is -2.46. The van der Waals surface area contributed by atoms with Crippen LogP contribution in [0.25, 0.3) is 0 Å². The molecule has 0 aliphatic carbocycles. The van der Waals surface area contributed by atoms with Crippen molar-refractivity contribution in [3.05, 3.63) is 89.5 Å². The summed E-state index contributed by atoms with van der Waals surface area (Å²) < 4.78 is 10.7. The van der Waals surface area contributed by atoms with E-state index < -0.39 is 0 Å². The molecule has 1 N–H and O–H groups in total. The average Bonchev–Trinajstić information content (AvgIpc) is 2.89. The number of ether oxygens (including phenoxy) is 2. The van der Waals surface area contributed by atoms with Crippen LogP contribution in [0.4, 0.5) is 5.69 Å². The third kappa shape index (κ3) is 5.83. The van der Waals surface area contributed by atoms with Gasteiger partial charge < -0.3 is 19.7 Å². The maximum Gasteiger partial charge on any atom is 0.229 e. The Morgan fingerprint density at radius 3 is 2.46 bits per heavy atom. The summed E-state index contributed by atoms with van der Waals surface area (Å²) in [5, 5.41) is 3.00. The minimum atomic E-state index is -0.317. The molecule has 6 heteroatoms. The highest BCUT2D eigenvalue weighted by molar-refractivity contribution is 5.94. The lowest BCUT2D eigenvalue weighted by molar-refractivity contribution is -0.137. The van der Waals surface area contributed by atoms with Crippen LogP contribution in [0.1, 0.15) is 35.6 Å². The lowest BCUT2D eigenvalue weighted by Gasteiger charge is -2.40. The molecule has 1 fully saturated rings. The topological polar surface area (TPSA) is 67.9 Å². The molecule has 182 valence electrons. The fourth-order valence-electron chi connectivity index (χ4n) is 4.69. The molecule has 3 aromatic carbocycles. The minimum absolute atomic E-state index is 0.0298. The largest absolute Gasteiger partial charge is 0.497 e. The molecular weight excluding hydrogens is 440 g/mol. The van der Waals surface area contributed by atoms with Gasteiger partial charge in [0, 0.05) is 12.6 Å². The van der Waals surface area contributed by atoms with E-state index in [4.69, 9.17) is 9.47 Å². The Morgan fingerprint density at radius 1 is 0.943 bits per heavy atom. The van der Waals surface area contributed by atoms with Gasteiger partial charge in [0.2, 0.25) is 11.8 Å². The van der Waals surface area contributed by atoms with Gasteiger partial charge in [0.15, 0.2) is 0 Å². The number of rotatable bonds is 7. The van der Waals surface area contributed by atoms with Gasteiger partial charge in [-0.15, -0.1) is 0 Å². The van der Waals surface area contributed by atoms with Crippen molar-refractivity contribution in [1.29, 1.82) is 0 Å². The Labute approximate surface area is 206 Å². The standard InChI is InChI=1S/C29H32N2O4/c1-20-8-7-11-22(16-20)26-15-12-23(19-31(26)28(32)17-21-9-5-4-6-10-21)29(33)30-25-14-13-24(34-2)18-27(25)35-3/h4-11,13-14,16,18,23,26H,12,15,17,19H2,1-3H3,(H,30,33)/t23-,26+/m1/s1. The SMILES string of the molecule is COc1ccc(NC(=O)[C@@H]2CC[C@@H](c3cccc(C)c3)N(C(=O)Cc3ccccc3)C2)c(OC)c1. The van der Waals surface area contributed by atoms with E-state index in [2.05, 4.69) is 30.4 Å². The number of nitrogens with zero attached hydrogens (tertiary/aromatic N) is 1. The van der Waals surface area contributed by atoms with Crippen molar-refractivity contribution >= 4 is 17.5 Å². The Bertz CT molecular complexity index is 1180. The molecule has 0 radical (unpaired) electrons. The van der Waals surface area contributed by atoms with Gasteiger partial charge in [-0.25, -0.2) is 0 Å². The first kappa shape index (κ1) is 24.3. The zero-order valence-electron chi connectivity index (χ0n) is 20.5. The third-order valence-corrected chi connectivity index (χ3v) is 6.56. The number of amides is 2.